The van der Waals surface area contributed by atoms with E-state index in [2.05, 4.69) is 18.5 Å². The Kier molecular flexibility index (Phi) is 10.5. The summed E-state index contributed by atoms with van der Waals surface area (Å²) < 4.78 is 5.01. The number of unbranched alkanes of at least 4 members (excludes halogenated alkanes) is 2. The number of nitrogens with one attached hydrogen (secondary N) is 1. The first-order valence-electron chi connectivity index (χ1n) is 9.90. The van der Waals surface area contributed by atoms with Gasteiger partial charge in [-0.1, -0.05) is 18.6 Å². The lowest BCUT2D eigenvalue weighted by atomic mass is 9.93. The number of hydrogen-bond acceptors (Lipinski definition) is 4. The quantitative estimate of drug-likeness (QED) is 0.322. The van der Waals surface area contributed by atoms with E-state index in [1.54, 1.807) is 24.9 Å². The number of rotatable bonds is 12. The highest BCUT2D eigenvalue weighted by molar-refractivity contribution is 5.90. The van der Waals surface area contributed by atoms with Crippen molar-refractivity contribution in [1.29, 1.82) is 0 Å². The normalized spacial score (nSPS) is 19.8. The van der Waals surface area contributed by atoms with Crippen LogP contribution in [0.4, 0.5) is 0 Å². The number of carbonyl (C=O) groups is 3. The topological polar surface area (TPSA) is 75.7 Å². The zero-order chi connectivity index (χ0) is 20.2. The van der Waals surface area contributed by atoms with E-state index in [-0.39, 0.29) is 24.3 Å². The van der Waals surface area contributed by atoms with Gasteiger partial charge >= 0.3 is 5.97 Å². The molecule has 6 heteroatoms. The molecule has 1 unspecified atom stereocenters. The summed E-state index contributed by atoms with van der Waals surface area (Å²) in [5.41, 5.74) is 0. The van der Waals surface area contributed by atoms with Crippen LogP contribution in [-0.4, -0.2) is 48.9 Å². The van der Waals surface area contributed by atoms with Gasteiger partial charge in [-0.2, -0.15) is 0 Å². The number of ether oxygens (including phenoxy) is 1. The first-order valence-corrected chi connectivity index (χ1v) is 9.90. The van der Waals surface area contributed by atoms with Gasteiger partial charge in [0.15, 0.2) is 0 Å². The van der Waals surface area contributed by atoms with Crippen LogP contribution < -0.4 is 5.32 Å². The molecular weight excluding hydrogens is 344 g/mol. The molecule has 0 aromatic carbocycles. The molecule has 0 aliphatic heterocycles. The van der Waals surface area contributed by atoms with Gasteiger partial charge in [0, 0.05) is 25.4 Å². The number of allylic oxidation sites excluding steroid dienone is 1. The number of hydrogen-bond donors (Lipinski definition) is 1. The fourth-order valence-electron chi connectivity index (χ4n) is 3.50. The molecule has 152 valence electrons. The van der Waals surface area contributed by atoms with Gasteiger partial charge in [-0.25, -0.2) is 4.79 Å². The lowest BCUT2D eigenvalue weighted by molar-refractivity contribution is -0.148. The lowest BCUT2D eigenvalue weighted by Crippen LogP contribution is -2.47. The van der Waals surface area contributed by atoms with Gasteiger partial charge in [0.2, 0.25) is 11.8 Å². The fourth-order valence-corrected chi connectivity index (χ4v) is 3.50. The Hall–Kier alpha value is -2.11. The van der Waals surface area contributed by atoms with E-state index in [1.807, 2.05) is 6.08 Å². The summed E-state index contributed by atoms with van der Waals surface area (Å²) in [5, 5.41) is 2.76. The standard InChI is InChI=1S/C21H34N2O4/c1-5-8-9-10-15-23(4)20(25)17-14-11-13-16(17)19(24)22-18(12-6-2)21(26)27-7-3/h5-6,16-18H,1-2,7-15H2,3-4H3,(H,22,24)/t16-,17?,18-/m1/s1. The molecule has 27 heavy (non-hydrogen) atoms. The van der Waals surface area contributed by atoms with Crippen molar-refractivity contribution < 1.29 is 19.1 Å². The lowest BCUT2D eigenvalue weighted by Gasteiger charge is -2.26. The zero-order valence-corrected chi connectivity index (χ0v) is 16.7. The summed E-state index contributed by atoms with van der Waals surface area (Å²) in [6, 6.07) is -0.747. The second kappa shape index (κ2) is 12.3. The Morgan fingerprint density at radius 3 is 2.52 bits per heavy atom. The summed E-state index contributed by atoms with van der Waals surface area (Å²) in [7, 11) is 1.79. The van der Waals surface area contributed by atoms with Crippen LogP contribution in [0.1, 0.15) is 51.9 Å². The largest absolute Gasteiger partial charge is 0.464 e. The summed E-state index contributed by atoms with van der Waals surface area (Å²) in [6.07, 6.45) is 8.83. The summed E-state index contributed by atoms with van der Waals surface area (Å²) >= 11 is 0. The second-order valence-electron chi connectivity index (χ2n) is 7.03. The third kappa shape index (κ3) is 7.19. The summed E-state index contributed by atoms with van der Waals surface area (Å²) in [6.45, 7) is 9.99. The van der Waals surface area contributed by atoms with Gasteiger partial charge in [0.1, 0.15) is 6.04 Å². The highest BCUT2D eigenvalue weighted by Crippen LogP contribution is 2.33. The van der Waals surface area contributed by atoms with E-state index >= 15 is 0 Å². The molecule has 1 aliphatic rings. The minimum atomic E-state index is -0.747. The third-order valence-electron chi connectivity index (χ3n) is 4.99. The smallest absolute Gasteiger partial charge is 0.328 e. The fraction of sp³-hybridized carbons (Fsp3) is 0.667. The van der Waals surface area contributed by atoms with Crippen molar-refractivity contribution in [3.05, 3.63) is 25.3 Å². The molecule has 0 aromatic heterocycles. The maximum absolute atomic E-state index is 12.8. The highest BCUT2D eigenvalue weighted by atomic mass is 16.5. The van der Waals surface area contributed by atoms with Gasteiger partial charge in [0.25, 0.3) is 0 Å². The van der Waals surface area contributed by atoms with Crippen molar-refractivity contribution in [3.63, 3.8) is 0 Å². The van der Waals surface area contributed by atoms with E-state index < -0.39 is 17.9 Å². The molecule has 1 fully saturated rings. The molecule has 0 bridgehead atoms. The Labute approximate surface area is 163 Å². The molecule has 0 spiro atoms. The number of carbonyl (C=O) groups excluding carboxylic acids is 3. The minimum absolute atomic E-state index is 0.0164. The van der Waals surface area contributed by atoms with Crippen LogP contribution in [0.2, 0.25) is 0 Å². The van der Waals surface area contributed by atoms with E-state index in [0.29, 0.717) is 25.8 Å². The zero-order valence-electron chi connectivity index (χ0n) is 16.7. The van der Waals surface area contributed by atoms with E-state index in [1.165, 1.54) is 0 Å². The molecule has 1 aliphatic carbocycles. The Bertz CT molecular complexity index is 532. The van der Waals surface area contributed by atoms with Crippen LogP contribution in [0.25, 0.3) is 0 Å². The molecule has 0 radical (unpaired) electrons. The maximum Gasteiger partial charge on any atom is 0.328 e. The number of nitrogens with zero attached hydrogens (tertiary/aromatic N) is 1. The average Bonchev–Trinajstić information content (AvgIpc) is 3.14. The number of esters is 1. The molecule has 1 N–H and O–H groups in total. The number of amides is 2. The second-order valence-corrected chi connectivity index (χ2v) is 7.03. The van der Waals surface area contributed by atoms with Crippen molar-refractivity contribution >= 4 is 17.8 Å². The van der Waals surface area contributed by atoms with Gasteiger partial charge in [-0.3, -0.25) is 9.59 Å². The monoisotopic (exact) mass is 378 g/mol. The van der Waals surface area contributed by atoms with Gasteiger partial charge in [-0.15, -0.1) is 13.2 Å². The van der Waals surface area contributed by atoms with Crippen LogP contribution in [0, 0.1) is 11.8 Å². The first kappa shape index (κ1) is 22.9. The molecule has 6 nitrogen and oxygen atoms in total. The molecule has 3 atom stereocenters. The Morgan fingerprint density at radius 1 is 1.19 bits per heavy atom. The van der Waals surface area contributed by atoms with E-state index in [4.69, 9.17) is 4.74 Å². The molecular formula is C21H34N2O4. The molecule has 0 saturated heterocycles. The minimum Gasteiger partial charge on any atom is -0.464 e. The van der Waals surface area contributed by atoms with Crippen molar-refractivity contribution in [1.82, 2.24) is 10.2 Å². The van der Waals surface area contributed by atoms with E-state index in [0.717, 1.165) is 25.7 Å². The molecule has 1 rings (SSSR count). The van der Waals surface area contributed by atoms with Crippen molar-refractivity contribution in [2.45, 2.75) is 57.9 Å². The predicted octanol–water partition coefficient (Wildman–Crippen LogP) is 2.84. The average molecular weight is 379 g/mol. The maximum atomic E-state index is 12.8. The van der Waals surface area contributed by atoms with Gasteiger partial charge < -0.3 is 15.0 Å². The molecule has 0 heterocycles. The first-order chi connectivity index (χ1) is 13.0. The molecule has 2 amide bonds. The predicted molar refractivity (Wildman–Crippen MR) is 106 cm³/mol. The van der Waals surface area contributed by atoms with Crippen molar-refractivity contribution in [2.24, 2.45) is 11.8 Å². The molecule has 0 aromatic rings. The highest BCUT2D eigenvalue weighted by Gasteiger charge is 2.40. The Morgan fingerprint density at radius 2 is 1.89 bits per heavy atom. The van der Waals surface area contributed by atoms with Crippen LogP contribution in [0.3, 0.4) is 0 Å². The van der Waals surface area contributed by atoms with Gasteiger partial charge in [-0.05, 0) is 45.4 Å². The van der Waals surface area contributed by atoms with Gasteiger partial charge in [0.05, 0.1) is 6.61 Å². The van der Waals surface area contributed by atoms with Crippen molar-refractivity contribution in [2.75, 3.05) is 20.2 Å². The van der Waals surface area contributed by atoms with E-state index in [9.17, 15) is 14.4 Å². The summed E-state index contributed by atoms with van der Waals surface area (Å²) in [4.78, 5) is 39.3. The van der Waals surface area contributed by atoms with Crippen molar-refractivity contribution in [3.8, 4) is 0 Å². The third-order valence-corrected chi connectivity index (χ3v) is 4.99. The Balaban J connectivity index is 2.66. The van der Waals surface area contributed by atoms with Crippen LogP contribution >= 0.6 is 0 Å². The summed E-state index contributed by atoms with van der Waals surface area (Å²) in [5.74, 6) is -1.41. The SMILES string of the molecule is C=CCCCCN(C)C(=O)C1CCC[C@H]1C(=O)N[C@H](CC=C)C(=O)OCC. The van der Waals surface area contributed by atoms with Crippen LogP contribution in [-0.2, 0) is 19.1 Å². The molecule has 1 saturated carbocycles. The van der Waals surface area contributed by atoms with Crippen LogP contribution in [0.5, 0.6) is 0 Å². The van der Waals surface area contributed by atoms with Crippen LogP contribution in [0.15, 0.2) is 25.3 Å².